The van der Waals surface area contributed by atoms with E-state index in [4.69, 9.17) is 4.74 Å². The molecular formula is C13H17BrN2O4. The van der Waals surface area contributed by atoms with Gasteiger partial charge in [0, 0.05) is 11.6 Å². The number of carbonyl (C=O) groups is 3. The highest BCUT2D eigenvalue weighted by Gasteiger charge is 2.37. The largest absolute Gasteiger partial charge is 0.460 e. The van der Waals surface area contributed by atoms with Crippen LogP contribution >= 0.6 is 15.9 Å². The van der Waals surface area contributed by atoms with E-state index in [1.165, 1.54) is 6.92 Å². The zero-order valence-corrected chi connectivity index (χ0v) is 13.2. The summed E-state index contributed by atoms with van der Waals surface area (Å²) in [5.41, 5.74) is 0.502. The van der Waals surface area contributed by atoms with Crippen molar-refractivity contribution in [3.8, 4) is 0 Å². The second kappa shape index (κ2) is 6.69. The fourth-order valence-corrected chi connectivity index (χ4v) is 2.01. The molecule has 0 saturated heterocycles. The van der Waals surface area contributed by atoms with E-state index in [1.807, 2.05) is 13.8 Å². The monoisotopic (exact) mass is 344 g/mol. The SMILES string of the molecule is C=C(C)C(=O)OCCN1C(=O)C(Br)=C(NC(C)C)C1=O. The summed E-state index contributed by atoms with van der Waals surface area (Å²) >= 11 is 3.11. The average Bonchev–Trinajstić information content (AvgIpc) is 2.55. The maximum Gasteiger partial charge on any atom is 0.333 e. The van der Waals surface area contributed by atoms with Gasteiger partial charge in [-0.25, -0.2) is 4.79 Å². The Balaban J connectivity index is 2.63. The molecule has 2 amide bonds. The number of imide groups is 1. The molecule has 1 rings (SSSR count). The summed E-state index contributed by atoms with van der Waals surface area (Å²) in [4.78, 5) is 36.2. The molecule has 1 aliphatic heterocycles. The Kier molecular flexibility index (Phi) is 5.50. The lowest BCUT2D eigenvalue weighted by Gasteiger charge is -2.15. The van der Waals surface area contributed by atoms with Gasteiger partial charge in [0.15, 0.2) is 0 Å². The second-order valence-corrected chi connectivity index (χ2v) is 5.46. The van der Waals surface area contributed by atoms with Crippen LogP contribution in [0.1, 0.15) is 20.8 Å². The topological polar surface area (TPSA) is 75.7 Å². The number of halogens is 1. The van der Waals surface area contributed by atoms with E-state index in [1.54, 1.807) is 0 Å². The predicted molar refractivity (Wildman–Crippen MR) is 76.7 cm³/mol. The number of hydrogen-bond acceptors (Lipinski definition) is 5. The van der Waals surface area contributed by atoms with E-state index < -0.39 is 17.8 Å². The standard InChI is InChI=1S/C13H17BrN2O4/c1-7(2)13(19)20-6-5-16-11(17)9(14)10(12(16)18)15-8(3)4/h8,15H,1,5-6H2,2-4H3. The van der Waals surface area contributed by atoms with Crippen LogP contribution in [0.3, 0.4) is 0 Å². The van der Waals surface area contributed by atoms with E-state index in [0.717, 1.165) is 4.90 Å². The smallest absolute Gasteiger partial charge is 0.333 e. The minimum Gasteiger partial charge on any atom is -0.460 e. The van der Waals surface area contributed by atoms with Crippen LogP contribution in [-0.4, -0.2) is 41.9 Å². The quantitative estimate of drug-likeness (QED) is 0.443. The highest BCUT2D eigenvalue weighted by atomic mass is 79.9. The van der Waals surface area contributed by atoms with Crippen molar-refractivity contribution >= 4 is 33.7 Å². The van der Waals surface area contributed by atoms with Gasteiger partial charge in [0.25, 0.3) is 11.8 Å². The molecule has 0 aromatic rings. The maximum absolute atomic E-state index is 12.1. The molecule has 1 N–H and O–H groups in total. The van der Waals surface area contributed by atoms with Crippen LogP contribution < -0.4 is 5.32 Å². The third kappa shape index (κ3) is 3.69. The van der Waals surface area contributed by atoms with Crippen LogP contribution in [0, 0.1) is 0 Å². The number of ether oxygens (including phenoxy) is 1. The Morgan fingerprint density at radius 1 is 1.40 bits per heavy atom. The molecule has 110 valence electrons. The summed E-state index contributed by atoms with van der Waals surface area (Å²) in [7, 11) is 0. The fourth-order valence-electron chi connectivity index (χ4n) is 1.52. The summed E-state index contributed by atoms with van der Waals surface area (Å²) in [5.74, 6) is -1.41. The van der Waals surface area contributed by atoms with Gasteiger partial charge in [-0.05, 0) is 36.7 Å². The molecule has 0 atom stereocenters. The molecule has 6 nitrogen and oxygen atoms in total. The summed E-state index contributed by atoms with van der Waals surface area (Å²) in [6.07, 6.45) is 0. The maximum atomic E-state index is 12.1. The minimum absolute atomic E-state index is 0.00899. The van der Waals surface area contributed by atoms with Crippen LogP contribution in [-0.2, 0) is 19.1 Å². The van der Waals surface area contributed by atoms with Crippen molar-refractivity contribution in [3.63, 3.8) is 0 Å². The van der Waals surface area contributed by atoms with Crippen molar-refractivity contribution in [2.45, 2.75) is 26.8 Å². The molecule has 20 heavy (non-hydrogen) atoms. The molecule has 1 aliphatic rings. The normalized spacial score (nSPS) is 15.2. The average molecular weight is 345 g/mol. The molecule has 0 unspecified atom stereocenters. The number of esters is 1. The summed E-state index contributed by atoms with van der Waals surface area (Å²) in [5, 5.41) is 2.92. The van der Waals surface area contributed by atoms with Gasteiger partial charge in [0.1, 0.15) is 16.8 Å². The first-order chi connectivity index (χ1) is 9.25. The summed E-state index contributed by atoms with van der Waals surface area (Å²) in [6, 6.07) is 0.0236. The third-order valence-electron chi connectivity index (χ3n) is 2.44. The van der Waals surface area contributed by atoms with Crippen molar-refractivity contribution < 1.29 is 19.1 Å². The van der Waals surface area contributed by atoms with Gasteiger partial charge in [0.05, 0.1) is 6.54 Å². The van der Waals surface area contributed by atoms with Gasteiger partial charge in [-0.15, -0.1) is 0 Å². The number of hydrogen-bond donors (Lipinski definition) is 1. The van der Waals surface area contributed by atoms with E-state index in [2.05, 4.69) is 27.8 Å². The van der Waals surface area contributed by atoms with Gasteiger partial charge in [-0.3, -0.25) is 14.5 Å². The molecule has 0 aliphatic carbocycles. The van der Waals surface area contributed by atoms with Crippen LogP contribution in [0.2, 0.25) is 0 Å². The lowest BCUT2D eigenvalue weighted by Crippen LogP contribution is -2.37. The molecule has 7 heteroatoms. The van der Waals surface area contributed by atoms with Crippen LogP contribution in [0.4, 0.5) is 0 Å². The molecule has 0 saturated carbocycles. The molecule has 0 bridgehead atoms. The third-order valence-corrected chi connectivity index (χ3v) is 3.18. The zero-order valence-electron chi connectivity index (χ0n) is 11.7. The van der Waals surface area contributed by atoms with Crippen molar-refractivity contribution in [2.24, 2.45) is 0 Å². The summed E-state index contributed by atoms with van der Waals surface area (Å²) in [6.45, 7) is 8.65. The fraction of sp³-hybridized carbons (Fsp3) is 0.462. The Bertz CT molecular complexity index is 497. The lowest BCUT2D eigenvalue weighted by atomic mass is 10.3. The van der Waals surface area contributed by atoms with Crippen molar-refractivity contribution in [1.82, 2.24) is 10.2 Å². The molecule has 0 aromatic carbocycles. The van der Waals surface area contributed by atoms with Gasteiger partial charge in [0.2, 0.25) is 0 Å². The Labute approximate surface area is 126 Å². The molecule has 0 radical (unpaired) electrons. The summed E-state index contributed by atoms with van der Waals surface area (Å²) < 4.78 is 5.07. The van der Waals surface area contributed by atoms with Crippen LogP contribution in [0.25, 0.3) is 0 Å². The Hall–Kier alpha value is -1.63. The van der Waals surface area contributed by atoms with Crippen LogP contribution in [0.5, 0.6) is 0 Å². The van der Waals surface area contributed by atoms with E-state index in [-0.39, 0.29) is 34.9 Å². The molecule has 1 heterocycles. The molecule has 0 aromatic heterocycles. The lowest BCUT2D eigenvalue weighted by molar-refractivity contribution is -0.144. The first-order valence-electron chi connectivity index (χ1n) is 6.10. The number of nitrogens with zero attached hydrogens (tertiary/aromatic N) is 1. The Morgan fingerprint density at radius 3 is 2.50 bits per heavy atom. The number of carbonyl (C=O) groups excluding carboxylic acids is 3. The first kappa shape index (κ1) is 16.4. The molecule has 0 spiro atoms. The Morgan fingerprint density at radius 2 is 2.00 bits per heavy atom. The van der Waals surface area contributed by atoms with Crippen LogP contribution in [0.15, 0.2) is 22.3 Å². The molecular weight excluding hydrogens is 328 g/mol. The first-order valence-corrected chi connectivity index (χ1v) is 6.90. The highest BCUT2D eigenvalue weighted by molar-refractivity contribution is 9.12. The highest BCUT2D eigenvalue weighted by Crippen LogP contribution is 2.23. The zero-order chi connectivity index (χ0) is 15.4. The molecule has 0 fully saturated rings. The van der Waals surface area contributed by atoms with E-state index >= 15 is 0 Å². The number of amides is 2. The van der Waals surface area contributed by atoms with Gasteiger partial charge >= 0.3 is 5.97 Å². The van der Waals surface area contributed by atoms with Crippen molar-refractivity contribution in [3.05, 3.63) is 22.3 Å². The van der Waals surface area contributed by atoms with Gasteiger partial charge in [-0.1, -0.05) is 6.58 Å². The van der Waals surface area contributed by atoms with Crippen molar-refractivity contribution in [2.75, 3.05) is 13.2 Å². The van der Waals surface area contributed by atoms with Gasteiger partial charge in [-0.2, -0.15) is 0 Å². The number of rotatable bonds is 6. The number of nitrogens with one attached hydrogen (secondary N) is 1. The van der Waals surface area contributed by atoms with E-state index in [9.17, 15) is 14.4 Å². The van der Waals surface area contributed by atoms with Crippen molar-refractivity contribution in [1.29, 1.82) is 0 Å². The minimum atomic E-state index is -0.545. The van der Waals surface area contributed by atoms with E-state index in [0.29, 0.717) is 0 Å². The second-order valence-electron chi connectivity index (χ2n) is 4.67. The van der Waals surface area contributed by atoms with Gasteiger partial charge < -0.3 is 10.1 Å². The predicted octanol–water partition coefficient (Wildman–Crippen LogP) is 1.08.